The van der Waals surface area contributed by atoms with Crippen molar-refractivity contribution in [1.29, 1.82) is 0 Å². The first kappa shape index (κ1) is 29.0. The number of hydrogen-bond acceptors (Lipinski definition) is 4. The first-order chi connectivity index (χ1) is 12.8. The molecular formula is C18H30Br2O8. The summed E-state index contributed by atoms with van der Waals surface area (Å²) in [6.07, 6.45) is 1.54. The van der Waals surface area contributed by atoms with Gasteiger partial charge >= 0.3 is 23.9 Å². The molecule has 0 aliphatic heterocycles. The van der Waals surface area contributed by atoms with Gasteiger partial charge in [0, 0.05) is 0 Å². The molecule has 4 N–H and O–H groups in total. The van der Waals surface area contributed by atoms with Crippen LogP contribution < -0.4 is 0 Å². The maximum Gasteiger partial charge on any atom is 0.320 e. The smallest absolute Gasteiger partial charge is 0.320 e. The van der Waals surface area contributed by atoms with Crippen LogP contribution in [-0.2, 0) is 19.2 Å². The number of halogens is 2. The third-order valence-corrected chi connectivity index (χ3v) is 7.96. The van der Waals surface area contributed by atoms with E-state index in [1.54, 1.807) is 27.7 Å². The molecule has 0 aromatic carbocycles. The second kappa shape index (κ2) is 13.1. The molecule has 0 spiro atoms. The molecule has 4 atom stereocenters. The third kappa shape index (κ3) is 8.46. The molecule has 0 rings (SSSR count). The monoisotopic (exact) mass is 532 g/mol. The zero-order valence-corrected chi connectivity index (χ0v) is 19.7. The lowest BCUT2D eigenvalue weighted by Crippen LogP contribution is -2.40. The first-order valence-electron chi connectivity index (χ1n) is 9.04. The molecule has 28 heavy (non-hydrogen) atoms. The Bertz CT molecular complexity index is 506. The van der Waals surface area contributed by atoms with Crippen molar-refractivity contribution in [2.24, 2.45) is 11.8 Å². The van der Waals surface area contributed by atoms with Gasteiger partial charge in [-0.25, -0.2) is 0 Å². The molecule has 0 amide bonds. The summed E-state index contributed by atoms with van der Waals surface area (Å²) < 4.78 is -2.22. The highest BCUT2D eigenvalue weighted by atomic mass is 79.9. The van der Waals surface area contributed by atoms with Gasteiger partial charge in [-0.15, -0.1) is 0 Å². The number of alkyl halides is 2. The van der Waals surface area contributed by atoms with Crippen molar-refractivity contribution in [2.45, 2.75) is 74.9 Å². The predicted octanol–water partition coefficient (Wildman–Crippen LogP) is 4.23. The summed E-state index contributed by atoms with van der Waals surface area (Å²) >= 11 is 6.28. The lowest BCUT2D eigenvalue weighted by Gasteiger charge is -2.29. The number of rotatable bonds is 12. The maximum absolute atomic E-state index is 11.0. The molecule has 0 aliphatic carbocycles. The Labute approximate surface area is 182 Å². The van der Waals surface area contributed by atoms with Gasteiger partial charge in [0.15, 0.2) is 0 Å². The van der Waals surface area contributed by atoms with Crippen LogP contribution in [0.15, 0.2) is 0 Å². The molecule has 0 heterocycles. The predicted molar refractivity (Wildman–Crippen MR) is 111 cm³/mol. The minimum atomic E-state index is -1.11. The number of aliphatic carboxylic acids is 4. The van der Waals surface area contributed by atoms with Gasteiger partial charge in [0.1, 0.15) is 8.65 Å². The molecule has 0 aliphatic rings. The summed E-state index contributed by atoms with van der Waals surface area (Å²) in [5.74, 6) is -4.68. The lowest BCUT2D eigenvalue weighted by atomic mass is 9.85. The SMILES string of the molecule is CCC(CC(=O)O)C(Br)(CC)C(=O)O.CCC(CC(=O)O)C(Br)(CC)C(=O)O. The second-order valence-corrected chi connectivity index (χ2v) is 9.28. The molecule has 0 saturated carbocycles. The molecule has 0 bridgehead atoms. The average molecular weight is 534 g/mol. The van der Waals surface area contributed by atoms with E-state index in [4.69, 9.17) is 20.4 Å². The molecule has 0 aromatic rings. The van der Waals surface area contributed by atoms with Crippen LogP contribution in [0.2, 0.25) is 0 Å². The van der Waals surface area contributed by atoms with Crippen molar-refractivity contribution < 1.29 is 39.6 Å². The fourth-order valence-corrected chi connectivity index (χ4v) is 3.88. The fraction of sp³-hybridized carbons (Fsp3) is 0.778. The zero-order chi connectivity index (χ0) is 22.7. The Hall–Kier alpha value is -1.16. The normalized spacial score (nSPS) is 17.1. The van der Waals surface area contributed by atoms with E-state index >= 15 is 0 Å². The first-order valence-corrected chi connectivity index (χ1v) is 10.6. The molecule has 4 unspecified atom stereocenters. The van der Waals surface area contributed by atoms with Gasteiger partial charge in [-0.2, -0.15) is 0 Å². The third-order valence-electron chi connectivity index (χ3n) is 4.86. The van der Waals surface area contributed by atoms with Gasteiger partial charge in [0.2, 0.25) is 0 Å². The summed E-state index contributed by atoms with van der Waals surface area (Å²) in [6, 6.07) is 0. The van der Waals surface area contributed by atoms with E-state index in [0.29, 0.717) is 25.7 Å². The van der Waals surface area contributed by atoms with Crippen LogP contribution in [0.25, 0.3) is 0 Å². The Balaban J connectivity index is 0. The summed E-state index contributed by atoms with van der Waals surface area (Å²) in [5, 5.41) is 35.3. The molecule has 0 fully saturated rings. The molecule has 0 aromatic heterocycles. The van der Waals surface area contributed by atoms with Crippen LogP contribution in [0.1, 0.15) is 66.2 Å². The molecular weight excluding hydrogens is 504 g/mol. The van der Waals surface area contributed by atoms with Crippen LogP contribution in [-0.4, -0.2) is 53.0 Å². The van der Waals surface area contributed by atoms with Crippen molar-refractivity contribution in [3.63, 3.8) is 0 Å². The maximum atomic E-state index is 11.0. The Morgan fingerprint density at radius 2 is 0.929 bits per heavy atom. The highest BCUT2D eigenvalue weighted by Gasteiger charge is 2.42. The molecule has 164 valence electrons. The van der Waals surface area contributed by atoms with Crippen molar-refractivity contribution >= 4 is 55.7 Å². The van der Waals surface area contributed by atoms with Crippen LogP contribution >= 0.6 is 31.9 Å². The number of hydrogen-bond donors (Lipinski definition) is 4. The van der Waals surface area contributed by atoms with E-state index in [2.05, 4.69) is 31.9 Å². The summed E-state index contributed by atoms with van der Waals surface area (Å²) in [4.78, 5) is 43.1. The zero-order valence-electron chi connectivity index (χ0n) is 16.6. The largest absolute Gasteiger partial charge is 0.481 e. The van der Waals surface area contributed by atoms with Crippen LogP contribution in [0.5, 0.6) is 0 Å². The van der Waals surface area contributed by atoms with Crippen molar-refractivity contribution in [3.05, 3.63) is 0 Å². The quantitative estimate of drug-likeness (QED) is 0.272. The van der Waals surface area contributed by atoms with Crippen LogP contribution in [0.3, 0.4) is 0 Å². The van der Waals surface area contributed by atoms with Crippen molar-refractivity contribution in [2.75, 3.05) is 0 Å². The number of carboxylic acid groups (broad SMARTS) is 4. The topological polar surface area (TPSA) is 149 Å². The minimum Gasteiger partial charge on any atom is -0.481 e. The molecule has 8 nitrogen and oxygen atoms in total. The van der Waals surface area contributed by atoms with Gasteiger partial charge in [0.05, 0.1) is 12.8 Å². The van der Waals surface area contributed by atoms with E-state index in [0.717, 1.165) is 0 Å². The van der Waals surface area contributed by atoms with Crippen LogP contribution in [0.4, 0.5) is 0 Å². The Morgan fingerprint density at radius 3 is 1.04 bits per heavy atom. The second-order valence-electron chi connectivity index (χ2n) is 6.45. The molecule has 10 heteroatoms. The number of carboxylic acids is 4. The average Bonchev–Trinajstić information content (AvgIpc) is 2.62. The van der Waals surface area contributed by atoms with Gasteiger partial charge in [-0.05, 0) is 24.7 Å². The lowest BCUT2D eigenvalue weighted by molar-refractivity contribution is -0.145. The Kier molecular flexibility index (Phi) is 13.6. The van der Waals surface area contributed by atoms with Crippen molar-refractivity contribution in [3.8, 4) is 0 Å². The standard InChI is InChI=1S/2C9H15BrO4/c2*1-3-6(5-7(11)12)9(10,4-2)8(13)14/h2*6H,3-5H2,1-2H3,(H,11,12)(H,13,14). The fourth-order valence-electron chi connectivity index (χ4n) is 2.91. The Morgan fingerprint density at radius 1 is 0.679 bits per heavy atom. The van der Waals surface area contributed by atoms with Crippen LogP contribution in [0, 0.1) is 11.8 Å². The van der Waals surface area contributed by atoms with E-state index in [9.17, 15) is 19.2 Å². The summed E-state index contributed by atoms with van der Waals surface area (Å²) in [7, 11) is 0. The van der Waals surface area contributed by atoms with E-state index in [1.165, 1.54) is 0 Å². The van der Waals surface area contributed by atoms with E-state index in [1.807, 2.05) is 0 Å². The van der Waals surface area contributed by atoms with Gasteiger partial charge in [-0.1, -0.05) is 72.4 Å². The van der Waals surface area contributed by atoms with Gasteiger partial charge < -0.3 is 20.4 Å². The molecule has 0 radical (unpaired) electrons. The minimum absolute atomic E-state index is 0.123. The number of carbonyl (C=O) groups is 4. The molecule has 0 saturated heterocycles. The highest BCUT2D eigenvalue weighted by Crippen LogP contribution is 2.37. The summed E-state index contributed by atoms with van der Waals surface area (Å²) in [5.41, 5.74) is 0. The van der Waals surface area contributed by atoms with E-state index in [-0.39, 0.29) is 24.7 Å². The van der Waals surface area contributed by atoms with Gasteiger partial charge in [-0.3, -0.25) is 19.2 Å². The van der Waals surface area contributed by atoms with Gasteiger partial charge in [0.25, 0.3) is 0 Å². The van der Waals surface area contributed by atoms with Crippen molar-refractivity contribution in [1.82, 2.24) is 0 Å². The highest BCUT2D eigenvalue weighted by molar-refractivity contribution is 9.10. The van der Waals surface area contributed by atoms with E-state index < -0.39 is 32.5 Å². The summed E-state index contributed by atoms with van der Waals surface area (Å²) in [6.45, 7) is 7.05.